The molecule has 1 aliphatic heterocycles. The minimum absolute atomic E-state index is 0.0911. The number of alkyl halides is 3. The highest BCUT2D eigenvalue weighted by atomic mass is 35.5. The van der Waals surface area contributed by atoms with Crippen molar-refractivity contribution >= 4 is 57.4 Å². The maximum atomic E-state index is 13.4. The first-order chi connectivity index (χ1) is 23.0. The number of rotatable bonds is 6. The van der Waals surface area contributed by atoms with E-state index in [1.807, 2.05) is 36.2 Å². The lowest BCUT2D eigenvalue weighted by atomic mass is 10.1. The quantitative estimate of drug-likeness (QED) is 0.180. The van der Waals surface area contributed by atoms with Crippen LogP contribution in [0, 0.1) is 0 Å². The molecule has 0 saturated carbocycles. The Bertz CT molecular complexity index is 1990. The van der Waals surface area contributed by atoms with E-state index in [9.17, 15) is 27.6 Å². The summed E-state index contributed by atoms with van der Waals surface area (Å²) in [6, 6.07) is 22.9. The zero-order valence-corrected chi connectivity index (χ0v) is 26.3. The van der Waals surface area contributed by atoms with Gasteiger partial charge in [0, 0.05) is 54.2 Å². The van der Waals surface area contributed by atoms with E-state index in [1.165, 1.54) is 30.3 Å². The molecule has 1 saturated heterocycles. The number of urea groups is 1. The molecule has 1 aromatic heterocycles. The van der Waals surface area contributed by atoms with Gasteiger partial charge in [-0.2, -0.15) is 18.3 Å². The first-order valence-corrected chi connectivity index (χ1v) is 15.3. The molecule has 246 valence electrons. The van der Waals surface area contributed by atoms with Gasteiger partial charge in [-0.3, -0.25) is 9.59 Å². The Morgan fingerprint density at radius 1 is 0.771 bits per heavy atom. The second kappa shape index (κ2) is 13.4. The van der Waals surface area contributed by atoms with Crippen molar-refractivity contribution in [2.75, 3.05) is 49.2 Å². The summed E-state index contributed by atoms with van der Waals surface area (Å²) in [4.78, 5) is 42.7. The third-order valence-electron chi connectivity index (χ3n) is 7.88. The van der Waals surface area contributed by atoms with Gasteiger partial charge in [-0.1, -0.05) is 29.8 Å². The van der Waals surface area contributed by atoms with Gasteiger partial charge in [0.15, 0.2) is 5.69 Å². The number of anilines is 3. The second-order valence-corrected chi connectivity index (χ2v) is 11.6. The van der Waals surface area contributed by atoms with Crippen LogP contribution in [0.5, 0.6) is 0 Å². The highest BCUT2D eigenvalue weighted by Crippen LogP contribution is 2.36. The average molecular weight is 676 g/mol. The van der Waals surface area contributed by atoms with Crippen LogP contribution in [0.3, 0.4) is 0 Å². The van der Waals surface area contributed by atoms with Gasteiger partial charge >= 0.3 is 12.2 Å². The normalized spacial score (nSPS) is 13.7. The van der Waals surface area contributed by atoms with Gasteiger partial charge < -0.3 is 25.8 Å². The van der Waals surface area contributed by atoms with Gasteiger partial charge in [-0.15, -0.1) is 0 Å². The number of amides is 4. The maximum absolute atomic E-state index is 13.4. The Balaban J connectivity index is 1.09. The van der Waals surface area contributed by atoms with Crippen molar-refractivity contribution in [1.29, 1.82) is 0 Å². The summed E-state index contributed by atoms with van der Waals surface area (Å²) in [6.45, 7) is 2.88. The van der Waals surface area contributed by atoms with Crippen molar-refractivity contribution in [3.8, 4) is 5.69 Å². The Kier molecular flexibility index (Phi) is 9.07. The van der Waals surface area contributed by atoms with Crippen LogP contribution in [-0.2, 0) is 6.18 Å². The fraction of sp³-hybridized carbons (Fsp3) is 0.176. The molecule has 0 radical (unpaired) electrons. The molecular weight excluding hydrogens is 647 g/mol. The van der Waals surface area contributed by atoms with Crippen LogP contribution in [0.1, 0.15) is 26.4 Å². The smallest absolute Gasteiger partial charge is 0.335 e. The Morgan fingerprint density at radius 3 is 2.06 bits per heavy atom. The number of hydrogen-bond donors (Lipinski definition) is 3. The Labute approximate surface area is 278 Å². The van der Waals surface area contributed by atoms with Crippen LogP contribution < -0.4 is 16.0 Å². The number of nitrogens with one attached hydrogen (secondary N) is 3. The van der Waals surface area contributed by atoms with Crippen LogP contribution in [0.2, 0.25) is 5.02 Å². The minimum atomic E-state index is -4.67. The van der Waals surface area contributed by atoms with E-state index < -0.39 is 28.7 Å². The lowest BCUT2D eigenvalue weighted by Gasteiger charge is -2.32. The Hall–Kier alpha value is -5.40. The molecule has 48 heavy (non-hydrogen) atoms. The maximum Gasteiger partial charge on any atom is 0.417 e. The van der Waals surface area contributed by atoms with Gasteiger partial charge in [-0.05, 0) is 79.8 Å². The molecule has 4 aromatic carbocycles. The number of para-hydroxylation sites is 1. The molecule has 3 N–H and O–H groups in total. The molecule has 0 aliphatic carbocycles. The first kappa shape index (κ1) is 32.5. The molecule has 10 nitrogen and oxygen atoms in total. The number of carbonyl (C=O) groups is 3. The summed E-state index contributed by atoms with van der Waals surface area (Å²) in [5.74, 6) is -0.506. The molecule has 1 aliphatic rings. The van der Waals surface area contributed by atoms with Gasteiger partial charge in [-0.25, -0.2) is 9.48 Å². The van der Waals surface area contributed by atoms with Crippen molar-refractivity contribution in [1.82, 2.24) is 19.6 Å². The van der Waals surface area contributed by atoms with E-state index >= 15 is 0 Å². The lowest BCUT2D eigenvalue weighted by molar-refractivity contribution is -0.137. The minimum Gasteiger partial charge on any atom is -0.335 e. The van der Waals surface area contributed by atoms with Crippen molar-refractivity contribution in [2.24, 2.45) is 0 Å². The number of likely N-dealkylation sites (N-methyl/N-ethyl adjacent to an activating group) is 1. The largest absolute Gasteiger partial charge is 0.417 e. The zero-order valence-electron chi connectivity index (χ0n) is 25.5. The standard InChI is InChI=1S/C34H29ClF3N7O3/c1-43-16-18-44(19-17-43)32(47)30-26-4-2-3-5-29(26)45(42-30)25-13-10-22(11-14-25)39-31(46)21-6-8-23(9-7-21)40-33(48)41-24-12-15-28(35)27(20-24)34(36,37)38/h2-15,20H,16-19H2,1H3,(H,39,46)(H2,40,41,48). The average Bonchev–Trinajstić information content (AvgIpc) is 3.45. The fourth-order valence-electron chi connectivity index (χ4n) is 5.29. The number of fused-ring (bicyclic) bond motifs is 1. The second-order valence-electron chi connectivity index (χ2n) is 11.2. The van der Waals surface area contributed by atoms with Crippen LogP contribution in [0.4, 0.5) is 35.0 Å². The van der Waals surface area contributed by atoms with Crippen LogP contribution in [0.15, 0.2) is 91.0 Å². The van der Waals surface area contributed by atoms with E-state index in [-0.39, 0.29) is 11.6 Å². The zero-order chi connectivity index (χ0) is 34.0. The van der Waals surface area contributed by atoms with Crippen molar-refractivity contribution in [3.05, 3.63) is 113 Å². The third kappa shape index (κ3) is 7.11. The van der Waals surface area contributed by atoms with Crippen molar-refractivity contribution < 1.29 is 27.6 Å². The summed E-state index contributed by atoms with van der Waals surface area (Å²) in [6.07, 6.45) is -4.67. The number of halogens is 4. The van der Waals surface area contributed by atoms with Crippen LogP contribution in [-0.4, -0.2) is 70.7 Å². The summed E-state index contributed by atoms with van der Waals surface area (Å²) in [7, 11) is 2.03. The Morgan fingerprint density at radius 2 is 1.38 bits per heavy atom. The van der Waals surface area contributed by atoms with Crippen LogP contribution >= 0.6 is 11.6 Å². The predicted octanol–water partition coefficient (Wildman–Crippen LogP) is 6.98. The SMILES string of the molecule is CN1CCN(C(=O)c2nn(-c3ccc(NC(=O)c4ccc(NC(=O)Nc5ccc(Cl)c(C(F)(F)F)c5)cc4)cc3)c3ccccc23)CC1. The topological polar surface area (TPSA) is 112 Å². The molecule has 6 rings (SSSR count). The van der Waals surface area contributed by atoms with E-state index in [1.54, 1.807) is 28.9 Å². The highest BCUT2D eigenvalue weighted by molar-refractivity contribution is 6.31. The van der Waals surface area contributed by atoms with Crippen molar-refractivity contribution in [2.45, 2.75) is 6.18 Å². The molecular formula is C34H29ClF3N7O3. The number of benzene rings is 4. The molecule has 2 heterocycles. The first-order valence-electron chi connectivity index (χ1n) is 14.9. The van der Waals surface area contributed by atoms with Gasteiger partial charge in [0.25, 0.3) is 11.8 Å². The predicted molar refractivity (Wildman–Crippen MR) is 178 cm³/mol. The van der Waals surface area contributed by atoms with Crippen LogP contribution in [0.25, 0.3) is 16.6 Å². The van der Waals surface area contributed by atoms with Gasteiger partial charge in [0.1, 0.15) is 0 Å². The van der Waals surface area contributed by atoms with E-state index in [2.05, 4.69) is 20.9 Å². The van der Waals surface area contributed by atoms with Crippen molar-refractivity contribution in [3.63, 3.8) is 0 Å². The molecule has 0 unspecified atom stereocenters. The number of carbonyl (C=O) groups excluding carboxylic acids is 3. The summed E-state index contributed by atoms with van der Waals surface area (Å²) in [5, 5.41) is 12.7. The number of hydrogen-bond acceptors (Lipinski definition) is 5. The number of nitrogens with zero attached hydrogens (tertiary/aromatic N) is 4. The molecule has 5 aromatic rings. The monoisotopic (exact) mass is 675 g/mol. The van der Waals surface area contributed by atoms with E-state index in [4.69, 9.17) is 16.7 Å². The summed E-state index contributed by atoms with van der Waals surface area (Å²) < 4.78 is 41.1. The number of aromatic nitrogens is 2. The number of piperazine rings is 1. The molecule has 14 heteroatoms. The van der Waals surface area contributed by atoms with Gasteiger partial charge in [0.2, 0.25) is 0 Å². The fourth-order valence-corrected chi connectivity index (χ4v) is 5.51. The summed E-state index contributed by atoms with van der Waals surface area (Å²) >= 11 is 5.63. The highest BCUT2D eigenvalue weighted by Gasteiger charge is 2.33. The molecule has 0 atom stereocenters. The molecule has 0 bridgehead atoms. The molecule has 4 amide bonds. The molecule has 1 fully saturated rings. The van der Waals surface area contributed by atoms with E-state index in [0.29, 0.717) is 41.4 Å². The van der Waals surface area contributed by atoms with E-state index in [0.717, 1.165) is 36.1 Å². The third-order valence-corrected chi connectivity index (χ3v) is 8.21. The lowest BCUT2D eigenvalue weighted by Crippen LogP contribution is -2.47. The molecule has 0 spiro atoms. The summed E-state index contributed by atoms with van der Waals surface area (Å²) in [5.41, 5.74) is 1.88. The van der Waals surface area contributed by atoms with Gasteiger partial charge in [0.05, 0.1) is 21.8 Å².